The van der Waals surface area contributed by atoms with Crippen molar-refractivity contribution in [1.29, 1.82) is 0 Å². The molecule has 7 nitrogen and oxygen atoms in total. The van der Waals surface area contributed by atoms with Gasteiger partial charge in [0, 0.05) is 43.6 Å². The molecule has 3 N–H and O–H groups in total. The summed E-state index contributed by atoms with van der Waals surface area (Å²) in [6.07, 6.45) is 3.94. The van der Waals surface area contributed by atoms with E-state index in [9.17, 15) is 14.7 Å². The normalized spacial score (nSPS) is 24.2. The maximum atomic E-state index is 12.2. The summed E-state index contributed by atoms with van der Waals surface area (Å²) in [6.45, 7) is 3.75. The molecule has 0 unspecified atom stereocenters. The lowest BCUT2D eigenvalue weighted by Crippen LogP contribution is -2.53. The van der Waals surface area contributed by atoms with Gasteiger partial charge in [-0.05, 0) is 36.4 Å². The lowest BCUT2D eigenvalue weighted by Gasteiger charge is -2.43. The lowest BCUT2D eigenvalue weighted by atomic mass is 9.88. The number of nitrogens with one attached hydrogen (secondary N) is 2. The van der Waals surface area contributed by atoms with Gasteiger partial charge in [-0.25, -0.2) is 4.79 Å². The molecule has 0 aliphatic carbocycles. The van der Waals surface area contributed by atoms with E-state index in [0.717, 1.165) is 18.6 Å². The lowest BCUT2D eigenvalue weighted by molar-refractivity contribution is -0.0542. The Labute approximate surface area is 149 Å². The summed E-state index contributed by atoms with van der Waals surface area (Å²) < 4.78 is 1.43. The molecule has 26 heavy (non-hydrogen) atoms. The molecule has 136 valence electrons. The van der Waals surface area contributed by atoms with Crippen LogP contribution in [0.5, 0.6) is 0 Å². The second kappa shape index (κ2) is 6.26. The summed E-state index contributed by atoms with van der Waals surface area (Å²) in [4.78, 5) is 31.2. The number of nitrogens with zero attached hydrogens (tertiary/aromatic N) is 2. The molecule has 1 fully saturated rings. The van der Waals surface area contributed by atoms with Crippen LogP contribution in [0.25, 0.3) is 10.9 Å². The number of aromatic nitrogens is 3. The number of piperidine rings is 1. The highest BCUT2D eigenvalue weighted by atomic mass is 16.3. The molecule has 0 saturated carbocycles. The second-order valence-corrected chi connectivity index (χ2v) is 7.27. The van der Waals surface area contributed by atoms with E-state index in [1.54, 1.807) is 6.92 Å². The first-order chi connectivity index (χ1) is 12.4. The van der Waals surface area contributed by atoms with E-state index in [1.165, 1.54) is 27.8 Å². The van der Waals surface area contributed by atoms with Crippen LogP contribution in [-0.2, 0) is 6.54 Å². The molecular weight excluding hydrogens is 332 g/mol. The van der Waals surface area contributed by atoms with E-state index >= 15 is 0 Å². The summed E-state index contributed by atoms with van der Waals surface area (Å²) in [7, 11) is 0. The van der Waals surface area contributed by atoms with E-state index in [2.05, 4.69) is 33.1 Å². The van der Waals surface area contributed by atoms with Crippen molar-refractivity contribution < 1.29 is 5.11 Å². The van der Waals surface area contributed by atoms with Crippen LogP contribution < -0.4 is 11.2 Å². The highest BCUT2D eigenvalue weighted by molar-refractivity contribution is 5.79. The number of fused-ring (bicyclic) bond motifs is 1. The van der Waals surface area contributed by atoms with Gasteiger partial charge >= 0.3 is 5.69 Å². The quantitative estimate of drug-likeness (QED) is 0.659. The van der Waals surface area contributed by atoms with Crippen LogP contribution >= 0.6 is 0 Å². The highest BCUT2D eigenvalue weighted by Gasteiger charge is 2.39. The third-order valence-electron chi connectivity index (χ3n) is 5.30. The van der Waals surface area contributed by atoms with Gasteiger partial charge in [0.1, 0.15) is 0 Å². The predicted octanol–water partition coefficient (Wildman–Crippen LogP) is 1.22. The molecule has 3 heterocycles. The van der Waals surface area contributed by atoms with Gasteiger partial charge in [0.05, 0.1) is 11.6 Å². The zero-order chi connectivity index (χ0) is 18.3. The van der Waals surface area contributed by atoms with Crippen molar-refractivity contribution >= 4 is 10.9 Å². The number of hydrogen-bond acceptors (Lipinski definition) is 4. The summed E-state index contributed by atoms with van der Waals surface area (Å²) in [6, 6.07) is 9.25. The summed E-state index contributed by atoms with van der Waals surface area (Å²) in [5.74, 6) is 0. The van der Waals surface area contributed by atoms with Crippen molar-refractivity contribution in [2.24, 2.45) is 0 Å². The molecule has 3 aromatic rings. The summed E-state index contributed by atoms with van der Waals surface area (Å²) in [5, 5.41) is 12.0. The maximum absolute atomic E-state index is 12.2. The Morgan fingerprint density at radius 3 is 2.92 bits per heavy atom. The first kappa shape index (κ1) is 16.8. The van der Waals surface area contributed by atoms with Crippen molar-refractivity contribution in [1.82, 2.24) is 19.4 Å². The minimum Gasteiger partial charge on any atom is -0.388 e. The number of benzene rings is 1. The van der Waals surface area contributed by atoms with Crippen molar-refractivity contribution in [2.75, 3.05) is 13.1 Å². The first-order valence-electron chi connectivity index (χ1n) is 8.75. The number of H-pyrrole nitrogens is 2. The Hall–Kier alpha value is -2.64. The van der Waals surface area contributed by atoms with Crippen LogP contribution in [0.15, 0.2) is 52.3 Å². The van der Waals surface area contributed by atoms with Crippen molar-refractivity contribution in [3.05, 3.63) is 69.1 Å². The maximum Gasteiger partial charge on any atom is 0.328 e. The Kier molecular flexibility index (Phi) is 4.05. The first-order valence-corrected chi connectivity index (χ1v) is 8.75. The van der Waals surface area contributed by atoms with Crippen LogP contribution in [0.2, 0.25) is 0 Å². The Balaban J connectivity index is 1.59. The molecule has 1 saturated heterocycles. The molecule has 1 aliphatic rings. The molecule has 4 rings (SSSR count). The van der Waals surface area contributed by atoms with Crippen molar-refractivity contribution in [3.63, 3.8) is 0 Å². The fraction of sp³-hybridized carbons (Fsp3) is 0.368. The second-order valence-electron chi connectivity index (χ2n) is 7.27. The fourth-order valence-electron chi connectivity index (χ4n) is 3.74. The molecule has 0 radical (unpaired) electrons. The standard InChI is InChI=1S/C19H22N4O3/c1-19(26)6-9-22(11-13-2-3-14-4-7-20-15(14)10-13)12-16(19)23-8-5-17(24)21-18(23)25/h2-5,7-8,10,16,20,26H,6,9,11-12H2,1H3,(H,21,24,25)/t16-,19-/m1/s1. The van der Waals surface area contributed by atoms with Gasteiger partial charge in [-0.3, -0.25) is 19.2 Å². The van der Waals surface area contributed by atoms with E-state index in [4.69, 9.17) is 0 Å². The van der Waals surface area contributed by atoms with Gasteiger partial charge in [-0.15, -0.1) is 0 Å². The van der Waals surface area contributed by atoms with Gasteiger partial charge in [-0.2, -0.15) is 0 Å². The Bertz CT molecular complexity index is 1050. The van der Waals surface area contributed by atoms with E-state index in [1.807, 2.05) is 12.3 Å². The van der Waals surface area contributed by atoms with E-state index in [0.29, 0.717) is 13.0 Å². The largest absolute Gasteiger partial charge is 0.388 e. The smallest absolute Gasteiger partial charge is 0.328 e. The molecule has 0 amide bonds. The van der Waals surface area contributed by atoms with Crippen molar-refractivity contribution in [2.45, 2.75) is 31.5 Å². The van der Waals surface area contributed by atoms with Gasteiger partial charge in [0.15, 0.2) is 0 Å². The van der Waals surface area contributed by atoms with Gasteiger partial charge in [-0.1, -0.05) is 12.1 Å². The zero-order valence-electron chi connectivity index (χ0n) is 14.6. The number of aromatic amines is 2. The van der Waals surface area contributed by atoms with Crippen LogP contribution in [0, 0.1) is 0 Å². The molecule has 0 spiro atoms. The van der Waals surface area contributed by atoms with Gasteiger partial charge < -0.3 is 10.1 Å². The minimum atomic E-state index is -1.01. The molecule has 1 aliphatic heterocycles. The minimum absolute atomic E-state index is 0.421. The highest BCUT2D eigenvalue weighted by Crippen LogP contribution is 2.31. The molecule has 1 aromatic carbocycles. The van der Waals surface area contributed by atoms with Gasteiger partial charge in [0.25, 0.3) is 5.56 Å². The molecule has 2 atom stereocenters. The van der Waals surface area contributed by atoms with Crippen LogP contribution in [-0.4, -0.2) is 43.2 Å². The molecule has 0 bridgehead atoms. The monoisotopic (exact) mass is 354 g/mol. The third-order valence-corrected chi connectivity index (χ3v) is 5.30. The SMILES string of the molecule is C[C@@]1(O)CCN(Cc2ccc3cc[nH]c3c2)C[C@H]1n1ccc(=O)[nH]c1=O. The molecular formula is C19H22N4O3. The van der Waals surface area contributed by atoms with Gasteiger partial charge in [0.2, 0.25) is 0 Å². The number of hydrogen-bond donors (Lipinski definition) is 3. The summed E-state index contributed by atoms with van der Waals surface area (Å²) >= 11 is 0. The van der Waals surface area contributed by atoms with Crippen LogP contribution in [0.1, 0.15) is 24.9 Å². The zero-order valence-corrected chi connectivity index (χ0v) is 14.6. The summed E-state index contributed by atoms with van der Waals surface area (Å²) in [5.41, 5.74) is 0.339. The molecule has 2 aromatic heterocycles. The van der Waals surface area contributed by atoms with E-state index in [-0.39, 0.29) is 0 Å². The van der Waals surface area contributed by atoms with Crippen molar-refractivity contribution in [3.8, 4) is 0 Å². The average molecular weight is 354 g/mol. The topological polar surface area (TPSA) is 94.1 Å². The number of aliphatic hydroxyl groups is 1. The van der Waals surface area contributed by atoms with E-state index < -0.39 is 22.9 Å². The Morgan fingerprint density at radius 2 is 2.12 bits per heavy atom. The third kappa shape index (κ3) is 3.11. The fourth-order valence-corrected chi connectivity index (χ4v) is 3.74. The Morgan fingerprint density at radius 1 is 1.27 bits per heavy atom. The van der Waals surface area contributed by atoms with Crippen LogP contribution in [0.4, 0.5) is 0 Å². The van der Waals surface area contributed by atoms with Crippen LogP contribution in [0.3, 0.4) is 0 Å². The molecule has 7 heteroatoms. The number of likely N-dealkylation sites (tertiary alicyclic amines) is 1. The number of rotatable bonds is 3. The predicted molar refractivity (Wildman–Crippen MR) is 99.2 cm³/mol. The average Bonchev–Trinajstić information content (AvgIpc) is 3.05.